The van der Waals surface area contributed by atoms with E-state index in [4.69, 9.17) is 11.5 Å². The molecule has 0 aromatic heterocycles. The molecule has 4 nitrogen and oxygen atoms in total. The second-order valence-corrected chi connectivity index (χ2v) is 3.53. The van der Waals surface area contributed by atoms with Crippen molar-refractivity contribution < 1.29 is 5.11 Å². The number of nitrogens with two attached hydrogens (primary N) is 2. The van der Waals surface area contributed by atoms with Gasteiger partial charge in [-0.25, -0.2) is 0 Å². The van der Waals surface area contributed by atoms with Crippen molar-refractivity contribution in [2.45, 2.75) is 25.9 Å². The molecule has 0 aliphatic rings. The van der Waals surface area contributed by atoms with Gasteiger partial charge in [-0.3, -0.25) is 11.1 Å². The van der Waals surface area contributed by atoms with E-state index in [2.05, 4.69) is 5.32 Å². The van der Waals surface area contributed by atoms with Gasteiger partial charge in [0.25, 0.3) is 0 Å². The van der Waals surface area contributed by atoms with E-state index < -0.39 is 5.85 Å². The molecule has 14 heavy (non-hydrogen) atoms. The summed E-state index contributed by atoms with van der Waals surface area (Å²) in [4.78, 5) is 0. The first-order chi connectivity index (χ1) is 6.51. The van der Waals surface area contributed by atoms with Crippen molar-refractivity contribution in [3.63, 3.8) is 0 Å². The second-order valence-electron chi connectivity index (χ2n) is 3.53. The van der Waals surface area contributed by atoms with Gasteiger partial charge in [-0.1, -0.05) is 24.3 Å². The summed E-state index contributed by atoms with van der Waals surface area (Å²) in [6, 6.07) is 7.84. The van der Waals surface area contributed by atoms with Gasteiger partial charge < -0.3 is 10.8 Å². The zero-order valence-corrected chi connectivity index (χ0v) is 8.33. The molecule has 0 heterocycles. The van der Waals surface area contributed by atoms with E-state index in [-0.39, 0.29) is 0 Å². The summed E-state index contributed by atoms with van der Waals surface area (Å²) in [6.07, 6.45) is 0. The third-order valence-corrected chi connectivity index (χ3v) is 1.88. The molecule has 4 heteroatoms. The first kappa shape index (κ1) is 11.1. The highest BCUT2D eigenvalue weighted by Gasteiger charge is 2.10. The summed E-state index contributed by atoms with van der Waals surface area (Å²) < 4.78 is 0. The maximum absolute atomic E-state index is 9.25. The molecule has 1 atom stereocenters. The highest BCUT2D eigenvalue weighted by molar-refractivity contribution is 5.23. The summed E-state index contributed by atoms with van der Waals surface area (Å²) in [6.45, 7) is 2.55. The molecule has 1 aromatic carbocycles. The van der Waals surface area contributed by atoms with Gasteiger partial charge in [0.1, 0.15) is 0 Å². The lowest BCUT2D eigenvalue weighted by atomic mass is 10.1. The molecule has 0 bridgehead atoms. The van der Waals surface area contributed by atoms with Gasteiger partial charge in [0.05, 0.1) is 0 Å². The van der Waals surface area contributed by atoms with Crippen molar-refractivity contribution in [3.05, 3.63) is 35.4 Å². The predicted molar refractivity (Wildman–Crippen MR) is 56.0 cm³/mol. The SMILES string of the molecule is C[C@@](N)(O)NCc1cccc(CN)c1. The molecule has 0 radical (unpaired) electrons. The number of benzene rings is 1. The van der Waals surface area contributed by atoms with Gasteiger partial charge >= 0.3 is 0 Å². The maximum Gasteiger partial charge on any atom is 0.166 e. The minimum atomic E-state index is -1.33. The van der Waals surface area contributed by atoms with E-state index >= 15 is 0 Å². The fraction of sp³-hybridized carbons (Fsp3) is 0.400. The van der Waals surface area contributed by atoms with Crippen LogP contribution in [0.1, 0.15) is 18.1 Å². The van der Waals surface area contributed by atoms with Crippen LogP contribution in [0, 0.1) is 0 Å². The van der Waals surface area contributed by atoms with E-state index in [0.29, 0.717) is 13.1 Å². The van der Waals surface area contributed by atoms with E-state index in [0.717, 1.165) is 11.1 Å². The Balaban J connectivity index is 2.59. The Morgan fingerprint density at radius 2 is 2.07 bits per heavy atom. The van der Waals surface area contributed by atoms with Crippen LogP contribution in [-0.4, -0.2) is 11.0 Å². The van der Waals surface area contributed by atoms with Crippen LogP contribution in [0.15, 0.2) is 24.3 Å². The third kappa shape index (κ3) is 3.85. The monoisotopic (exact) mass is 195 g/mol. The van der Waals surface area contributed by atoms with Crippen LogP contribution in [0.4, 0.5) is 0 Å². The first-order valence-corrected chi connectivity index (χ1v) is 4.55. The Labute approximate surface area is 83.9 Å². The minimum Gasteiger partial charge on any atom is -0.363 e. The Morgan fingerprint density at radius 1 is 1.43 bits per heavy atom. The van der Waals surface area contributed by atoms with Crippen LogP contribution in [-0.2, 0) is 13.1 Å². The smallest absolute Gasteiger partial charge is 0.166 e. The molecule has 0 amide bonds. The number of aliphatic hydroxyl groups is 1. The van der Waals surface area contributed by atoms with Crippen LogP contribution in [0.3, 0.4) is 0 Å². The summed E-state index contributed by atoms with van der Waals surface area (Å²) in [5.41, 5.74) is 13.0. The van der Waals surface area contributed by atoms with Gasteiger partial charge in [0.2, 0.25) is 0 Å². The molecule has 0 saturated heterocycles. The first-order valence-electron chi connectivity index (χ1n) is 4.55. The Kier molecular flexibility index (Phi) is 3.60. The van der Waals surface area contributed by atoms with Crippen LogP contribution >= 0.6 is 0 Å². The summed E-state index contributed by atoms with van der Waals surface area (Å²) in [7, 11) is 0. The lowest BCUT2D eigenvalue weighted by Gasteiger charge is -2.19. The van der Waals surface area contributed by atoms with Crippen LogP contribution in [0.25, 0.3) is 0 Å². The van der Waals surface area contributed by atoms with Crippen LogP contribution < -0.4 is 16.8 Å². The van der Waals surface area contributed by atoms with Crippen molar-refractivity contribution in [2.24, 2.45) is 11.5 Å². The second kappa shape index (κ2) is 4.52. The van der Waals surface area contributed by atoms with Gasteiger partial charge in [-0.15, -0.1) is 0 Å². The number of hydrogen-bond acceptors (Lipinski definition) is 4. The molecule has 0 spiro atoms. The predicted octanol–water partition coefficient (Wildman–Crippen LogP) is -0.140. The average molecular weight is 195 g/mol. The third-order valence-electron chi connectivity index (χ3n) is 1.88. The normalized spacial score (nSPS) is 15.1. The van der Waals surface area contributed by atoms with E-state index in [1.54, 1.807) is 0 Å². The molecular weight excluding hydrogens is 178 g/mol. The van der Waals surface area contributed by atoms with Crippen molar-refractivity contribution in [3.8, 4) is 0 Å². The van der Waals surface area contributed by atoms with Crippen molar-refractivity contribution in [1.82, 2.24) is 5.32 Å². The van der Waals surface area contributed by atoms with Gasteiger partial charge in [0, 0.05) is 13.1 Å². The Hall–Kier alpha value is -0.940. The molecule has 0 saturated carbocycles. The van der Waals surface area contributed by atoms with Gasteiger partial charge in [-0.05, 0) is 18.1 Å². The molecule has 0 fully saturated rings. The van der Waals surface area contributed by atoms with Gasteiger partial charge in [0.15, 0.2) is 5.85 Å². The lowest BCUT2D eigenvalue weighted by molar-refractivity contribution is 0.0288. The largest absolute Gasteiger partial charge is 0.363 e. The topological polar surface area (TPSA) is 84.3 Å². The molecule has 78 valence electrons. The number of rotatable bonds is 4. The molecule has 6 N–H and O–H groups in total. The zero-order chi connectivity index (χ0) is 10.6. The number of hydrogen-bond donors (Lipinski definition) is 4. The zero-order valence-electron chi connectivity index (χ0n) is 8.33. The van der Waals surface area contributed by atoms with Gasteiger partial charge in [-0.2, -0.15) is 0 Å². The molecular formula is C10H17N3O. The number of nitrogens with one attached hydrogen (secondary N) is 1. The summed E-state index contributed by atoms with van der Waals surface area (Å²) in [5, 5.41) is 12.0. The lowest BCUT2D eigenvalue weighted by Crippen LogP contribution is -2.50. The fourth-order valence-electron chi connectivity index (χ4n) is 1.15. The molecule has 1 aromatic rings. The quantitative estimate of drug-likeness (QED) is 0.504. The standard InChI is InChI=1S/C10H17N3O/c1-10(12,14)13-7-9-4-2-3-8(5-9)6-11/h2-5,13-14H,6-7,11-12H2,1H3/t10-/m0/s1. The highest BCUT2D eigenvalue weighted by atomic mass is 16.3. The summed E-state index contributed by atoms with van der Waals surface area (Å²) in [5.74, 6) is -1.33. The van der Waals surface area contributed by atoms with Crippen molar-refractivity contribution in [2.75, 3.05) is 0 Å². The maximum atomic E-state index is 9.25. The summed E-state index contributed by atoms with van der Waals surface area (Å²) >= 11 is 0. The molecule has 0 aliphatic heterocycles. The van der Waals surface area contributed by atoms with Crippen LogP contribution in [0.2, 0.25) is 0 Å². The Morgan fingerprint density at radius 3 is 2.64 bits per heavy atom. The minimum absolute atomic E-state index is 0.521. The highest BCUT2D eigenvalue weighted by Crippen LogP contribution is 2.04. The van der Waals surface area contributed by atoms with Crippen molar-refractivity contribution >= 4 is 0 Å². The van der Waals surface area contributed by atoms with E-state index in [1.165, 1.54) is 6.92 Å². The molecule has 0 unspecified atom stereocenters. The Bertz CT molecular complexity index is 294. The fourth-order valence-corrected chi connectivity index (χ4v) is 1.15. The van der Waals surface area contributed by atoms with Crippen LogP contribution in [0.5, 0.6) is 0 Å². The van der Waals surface area contributed by atoms with E-state index in [9.17, 15) is 5.11 Å². The average Bonchev–Trinajstić information content (AvgIpc) is 2.14. The molecule has 1 rings (SSSR count). The van der Waals surface area contributed by atoms with Crippen molar-refractivity contribution in [1.29, 1.82) is 0 Å². The van der Waals surface area contributed by atoms with E-state index in [1.807, 2.05) is 24.3 Å². The molecule has 0 aliphatic carbocycles.